The molecule has 0 spiro atoms. The topological polar surface area (TPSA) is 57.1 Å². The van der Waals surface area contributed by atoms with E-state index < -0.39 is 5.97 Å². The Kier molecular flexibility index (Phi) is 7.26. The molecule has 0 fully saturated rings. The van der Waals surface area contributed by atoms with Crippen LogP contribution in [-0.4, -0.2) is 18.5 Å². The van der Waals surface area contributed by atoms with Crippen molar-refractivity contribution in [2.45, 2.75) is 13.5 Å². The van der Waals surface area contributed by atoms with Crippen LogP contribution >= 0.6 is 38.5 Å². The van der Waals surface area contributed by atoms with Crippen LogP contribution in [-0.2, 0) is 16.1 Å². The number of halogens is 2. The summed E-state index contributed by atoms with van der Waals surface area (Å²) in [5, 5.41) is 0. The van der Waals surface area contributed by atoms with Crippen molar-refractivity contribution in [3.63, 3.8) is 0 Å². The van der Waals surface area contributed by atoms with Gasteiger partial charge in [-0.15, -0.1) is 0 Å². The molecular weight excluding hydrogens is 585 g/mol. The van der Waals surface area contributed by atoms with Crippen LogP contribution in [0.25, 0.3) is 6.08 Å². The third-order valence-electron chi connectivity index (χ3n) is 4.55. The van der Waals surface area contributed by atoms with Crippen LogP contribution < -0.4 is 9.47 Å². The number of carbonyl (C=O) groups excluding carboxylic acids is 1. The lowest BCUT2D eigenvalue weighted by atomic mass is 10.1. The van der Waals surface area contributed by atoms with Gasteiger partial charge in [0.2, 0.25) is 5.90 Å². The molecule has 3 aromatic rings. The number of hydrogen-bond acceptors (Lipinski definition) is 5. The van der Waals surface area contributed by atoms with E-state index in [-0.39, 0.29) is 5.70 Å². The van der Waals surface area contributed by atoms with Crippen LogP contribution in [0.2, 0.25) is 0 Å². The first-order chi connectivity index (χ1) is 15.5. The van der Waals surface area contributed by atoms with Gasteiger partial charge >= 0.3 is 5.97 Å². The number of esters is 1. The van der Waals surface area contributed by atoms with Gasteiger partial charge in [0.1, 0.15) is 6.61 Å². The SMILES string of the molecule is CCOc1cc(/C=C2\N=C(c3ccccc3)OC2=O)cc(Br)c1OCc1cccc(I)c1. The number of carbonyl (C=O) groups is 1. The summed E-state index contributed by atoms with van der Waals surface area (Å²) in [4.78, 5) is 16.7. The highest BCUT2D eigenvalue weighted by atomic mass is 127. The van der Waals surface area contributed by atoms with Crippen molar-refractivity contribution < 1.29 is 19.0 Å². The maximum atomic E-state index is 12.3. The summed E-state index contributed by atoms with van der Waals surface area (Å²) in [5.74, 6) is 0.994. The van der Waals surface area contributed by atoms with Crippen molar-refractivity contribution in [3.8, 4) is 11.5 Å². The Bertz CT molecular complexity index is 1210. The van der Waals surface area contributed by atoms with Crippen LogP contribution in [0.4, 0.5) is 0 Å². The Morgan fingerprint density at radius 1 is 1.06 bits per heavy atom. The molecule has 1 aliphatic rings. The third kappa shape index (κ3) is 5.39. The van der Waals surface area contributed by atoms with Crippen LogP contribution in [0.3, 0.4) is 0 Å². The zero-order valence-corrected chi connectivity index (χ0v) is 20.9. The summed E-state index contributed by atoms with van der Waals surface area (Å²) in [7, 11) is 0. The van der Waals surface area contributed by atoms with Gasteiger partial charge in [0.05, 0.1) is 11.1 Å². The quantitative estimate of drug-likeness (QED) is 0.179. The molecule has 0 unspecified atom stereocenters. The molecule has 1 heterocycles. The molecule has 32 heavy (non-hydrogen) atoms. The highest BCUT2D eigenvalue weighted by Crippen LogP contribution is 2.38. The second-order valence-electron chi connectivity index (χ2n) is 6.88. The fourth-order valence-corrected chi connectivity index (χ4v) is 4.31. The Balaban J connectivity index is 1.61. The lowest BCUT2D eigenvalue weighted by Crippen LogP contribution is -2.05. The van der Waals surface area contributed by atoms with Crippen molar-refractivity contribution >= 4 is 56.5 Å². The molecule has 5 nitrogen and oxygen atoms in total. The van der Waals surface area contributed by atoms with E-state index >= 15 is 0 Å². The van der Waals surface area contributed by atoms with Gasteiger partial charge in [0, 0.05) is 9.13 Å². The van der Waals surface area contributed by atoms with Gasteiger partial charge in [-0.3, -0.25) is 0 Å². The number of hydrogen-bond donors (Lipinski definition) is 0. The fraction of sp³-hybridized carbons (Fsp3) is 0.120. The highest BCUT2D eigenvalue weighted by molar-refractivity contribution is 14.1. The molecule has 0 aliphatic carbocycles. The van der Waals surface area contributed by atoms with E-state index in [4.69, 9.17) is 14.2 Å². The number of rotatable bonds is 7. The summed E-state index contributed by atoms with van der Waals surface area (Å²) in [6, 6.07) is 21.1. The highest BCUT2D eigenvalue weighted by Gasteiger charge is 2.24. The van der Waals surface area contributed by atoms with Gasteiger partial charge in [-0.25, -0.2) is 9.79 Å². The average molecular weight is 604 g/mol. The molecule has 0 bridgehead atoms. The maximum absolute atomic E-state index is 12.3. The zero-order valence-electron chi connectivity index (χ0n) is 17.2. The first kappa shape index (κ1) is 22.5. The van der Waals surface area contributed by atoms with Crippen molar-refractivity contribution in [3.05, 3.63) is 97.2 Å². The molecule has 0 radical (unpaired) electrons. The van der Waals surface area contributed by atoms with Crippen molar-refractivity contribution in [2.24, 2.45) is 4.99 Å². The molecule has 0 atom stereocenters. The van der Waals surface area contributed by atoms with Gasteiger partial charge in [0.15, 0.2) is 17.2 Å². The van der Waals surface area contributed by atoms with E-state index in [9.17, 15) is 4.79 Å². The molecule has 0 aromatic heterocycles. The molecular formula is C25H19BrINO4. The van der Waals surface area contributed by atoms with Gasteiger partial charge in [0.25, 0.3) is 0 Å². The van der Waals surface area contributed by atoms with Crippen LogP contribution in [0.15, 0.2) is 81.9 Å². The fourth-order valence-electron chi connectivity index (χ4n) is 3.13. The van der Waals surface area contributed by atoms with E-state index in [0.29, 0.717) is 30.6 Å². The zero-order chi connectivity index (χ0) is 22.5. The summed E-state index contributed by atoms with van der Waals surface area (Å²) < 4.78 is 19.1. The largest absolute Gasteiger partial charge is 0.490 e. The Labute approximate surface area is 208 Å². The smallest absolute Gasteiger partial charge is 0.363 e. The van der Waals surface area contributed by atoms with Crippen LogP contribution in [0, 0.1) is 3.57 Å². The van der Waals surface area contributed by atoms with E-state index in [1.165, 1.54) is 0 Å². The second kappa shape index (κ2) is 10.3. The molecule has 1 aliphatic heterocycles. The van der Waals surface area contributed by atoms with Gasteiger partial charge in [-0.05, 0) is 99.0 Å². The Morgan fingerprint density at radius 2 is 1.88 bits per heavy atom. The lowest BCUT2D eigenvalue weighted by Gasteiger charge is -2.15. The van der Waals surface area contributed by atoms with Crippen molar-refractivity contribution in [2.75, 3.05) is 6.61 Å². The number of nitrogens with zero attached hydrogens (tertiary/aromatic N) is 1. The van der Waals surface area contributed by atoms with E-state index in [0.717, 1.165) is 24.7 Å². The third-order valence-corrected chi connectivity index (χ3v) is 5.81. The number of aliphatic imine (C=N–C) groups is 1. The van der Waals surface area contributed by atoms with Crippen LogP contribution in [0.5, 0.6) is 11.5 Å². The minimum Gasteiger partial charge on any atom is -0.490 e. The molecule has 3 aromatic carbocycles. The van der Waals surface area contributed by atoms with E-state index in [2.05, 4.69) is 49.6 Å². The van der Waals surface area contributed by atoms with Crippen LogP contribution in [0.1, 0.15) is 23.6 Å². The lowest BCUT2D eigenvalue weighted by molar-refractivity contribution is -0.129. The van der Waals surface area contributed by atoms with Gasteiger partial charge in [-0.2, -0.15) is 0 Å². The average Bonchev–Trinajstić information content (AvgIpc) is 3.14. The molecule has 7 heteroatoms. The number of benzene rings is 3. The molecule has 0 saturated carbocycles. The Morgan fingerprint density at radius 3 is 2.62 bits per heavy atom. The summed E-state index contributed by atoms with van der Waals surface area (Å²) in [6.45, 7) is 2.80. The first-order valence-corrected chi connectivity index (χ1v) is 11.8. The maximum Gasteiger partial charge on any atom is 0.363 e. The van der Waals surface area contributed by atoms with E-state index in [1.807, 2.05) is 67.6 Å². The predicted molar refractivity (Wildman–Crippen MR) is 136 cm³/mol. The Hall–Kier alpha value is -2.65. The number of cyclic esters (lactones) is 1. The molecule has 0 amide bonds. The second-order valence-corrected chi connectivity index (χ2v) is 8.98. The minimum atomic E-state index is -0.489. The summed E-state index contributed by atoms with van der Waals surface area (Å²) in [5.41, 5.74) is 2.78. The van der Waals surface area contributed by atoms with Gasteiger partial charge < -0.3 is 14.2 Å². The van der Waals surface area contributed by atoms with Crippen molar-refractivity contribution in [1.29, 1.82) is 0 Å². The van der Waals surface area contributed by atoms with E-state index in [1.54, 1.807) is 6.08 Å². The minimum absolute atomic E-state index is 0.228. The normalized spacial score (nSPS) is 14.3. The molecule has 0 N–H and O–H groups in total. The van der Waals surface area contributed by atoms with Crippen molar-refractivity contribution in [1.82, 2.24) is 0 Å². The molecule has 0 saturated heterocycles. The first-order valence-electron chi connectivity index (χ1n) is 9.95. The summed E-state index contributed by atoms with van der Waals surface area (Å²) >= 11 is 5.86. The number of ether oxygens (including phenoxy) is 3. The predicted octanol–water partition coefficient (Wildman–Crippen LogP) is 6.38. The molecule has 162 valence electrons. The summed E-state index contributed by atoms with van der Waals surface area (Å²) in [6.07, 6.45) is 1.68. The van der Waals surface area contributed by atoms with Gasteiger partial charge in [-0.1, -0.05) is 30.3 Å². The monoisotopic (exact) mass is 603 g/mol. The standard InChI is InChI=1S/C25H19BrINO4/c1-2-30-22-14-17(12-20(26)23(22)31-15-16-7-6-10-19(27)11-16)13-21-25(29)32-24(28-21)18-8-4-3-5-9-18/h3-14H,2,15H2,1H3/b21-13-. The molecule has 4 rings (SSSR count).